The molecule has 3 nitrogen and oxygen atoms in total. The summed E-state index contributed by atoms with van der Waals surface area (Å²) in [6.07, 6.45) is 8.45. The first kappa shape index (κ1) is 24.1. The molecule has 2 atom stereocenters. The lowest BCUT2D eigenvalue weighted by atomic mass is 9.93. The highest BCUT2D eigenvalue weighted by atomic mass is 32.2. The SMILES string of the molecule is O=S1N(C/C=C/c2ccccc2)[C@H](c2ccccc2)[C@@H](c2ccccc2)N1C/C=C/c1ccccc1. The quantitative estimate of drug-likeness (QED) is 0.259. The van der Waals surface area contributed by atoms with Crippen LogP contribution in [-0.4, -0.2) is 25.9 Å². The second-order valence-electron chi connectivity index (χ2n) is 8.77. The van der Waals surface area contributed by atoms with Gasteiger partial charge in [-0.15, -0.1) is 0 Å². The van der Waals surface area contributed by atoms with Crippen LogP contribution in [0.3, 0.4) is 0 Å². The third-order valence-corrected chi connectivity index (χ3v) is 7.95. The molecule has 0 amide bonds. The van der Waals surface area contributed by atoms with Gasteiger partial charge in [-0.2, -0.15) is 8.61 Å². The number of benzene rings is 4. The Morgan fingerprint density at radius 2 is 0.861 bits per heavy atom. The first-order chi connectivity index (χ1) is 17.8. The van der Waals surface area contributed by atoms with Gasteiger partial charge in [0.15, 0.2) is 11.2 Å². The smallest absolute Gasteiger partial charge is 0.174 e. The molecule has 0 bridgehead atoms. The molecule has 0 aromatic heterocycles. The van der Waals surface area contributed by atoms with Gasteiger partial charge in [0, 0.05) is 13.1 Å². The summed E-state index contributed by atoms with van der Waals surface area (Å²) in [7, 11) is 0. The second kappa shape index (κ2) is 11.9. The Balaban J connectivity index is 1.49. The summed E-state index contributed by atoms with van der Waals surface area (Å²) in [4.78, 5) is 0. The molecular weight excluding hydrogens is 460 g/mol. The van der Waals surface area contributed by atoms with Crippen molar-refractivity contribution in [3.8, 4) is 0 Å². The van der Waals surface area contributed by atoms with Crippen molar-refractivity contribution in [1.29, 1.82) is 0 Å². The lowest BCUT2D eigenvalue weighted by Crippen LogP contribution is -2.28. The first-order valence-corrected chi connectivity index (χ1v) is 13.4. The van der Waals surface area contributed by atoms with Crippen molar-refractivity contribution in [2.75, 3.05) is 13.1 Å². The summed E-state index contributed by atoms with van der Waals surface area (Å²) in [5.41, 5.74) is 4.62. The standard InChI is InChI=1S/C32H30N2OS/c35-36-33(25-13-19-27-15-5-1-6-16-27)31(29-21-9-3-10-22-29)32(30-23-11-4-12-24-30)34(36)26-14-20-28-17-7-2-8-18-28/h1-24,31-32H,25-26H2/b19-13+,20-14+/t31-,32-/m1/s1. The summed E-state index contributed by atoms with van der Waals surface area (Å²) >= 11 is -1.31. The topological polar surface area (TPSA) is 23.6 Å². The van der Waals surface area contributed by atoms with Gasteiger partial charge in [-0.25, -0.2) is 4.21 Å². The van der Waals surface area contributed by atoms with E-state index in [9.17, 15) is 4.21 Å². The molecule has 36 heavy (non-hydrogen) atoms. The van der Waals surface area contributed by atoms with Crippen molar-refractivity contribution >= 4 is 23.3 Å². The summed E-state index contributed by atoms with van der Waals surface area (Å²) in [5, 5.41) is 0. The summed E-state index contributed by atoms with van der Waals surface area (Å²) in [5.74, 6) is 0. The maximum atomic E-state index is 14.1. The molecule has 0 spiro atoms. The Bertz CT molecular complexity index is 1200. The minimum atomic E-state index is -1.31. The van der Waals surface area contributed by atoms with Crippen LogP contribution in [0.4, 0.5) is 0 Å². The molecule has 1 aliphatic heterocycles. The highest BCUT2D eigenvalue weighted by molar-refractivity contribution is 7.80. The van der Waals surface area contributed by atoms with E-state index in [2.05, 4.69) is 106 Å². The molecule has 180 valence electrons. The molecule has 0 aliphatic carbocycles. The van der Waals surface area contributed by atoms with Gasteiger partial charge < -0.3 is 0 Å². The molecule has 4 aromatic rings. The fraction of sp³-hybridized carbons (Fsp3) is 0.125. The van der Waals surface area contributed by atoms with Crippen molar-refractivity contribution in [1.82, 2.24) is 8.61 Å². The molecule has 1 heterocycles. The Hall–Kier alpha value is -3.57. The average Bonchev–Trinajstić information content (AvgIpc) is 3.22. The zero-order valence-electron chi connectivity index (χ0n) is 20.1. The van der Waals surface area contributed by atoms with Gasteiger partial charge >= 0.3 is 0 Å². The Kier molecular flexibility index (Phi) is 7.99. The highest BCUT2D eigenvalue weighted by Crippen LogP contribution is 2.46. The van der Waals surface area contributed by atoms with Crippen LogP contribution in [0.15, 0.2) is 133 Å². The normalized spacial score (nSPS) is 19.4. The van der Waals surface area contributed by atoms with Crippen LogP contribution in [0.25, 0.3) is 12.2 Å². The van der Waals surface area contributed by atoms with Crippen LogP contribution in [-0.2, 0) is 11.2 Å². The van der Waals surface area contributed by atoms with E-state index >= 15 is 0 Å². The van der Waals surface area contributed by atoms with E-state index < -0.39 is 11.2 Å². The van der Waals surface area contributed by atoms with Crippen molar-refractivity contribution in [3.63, 3.8) is 0 Å². The van der Waals surface area contributed by atoms with Crippen LogP contribution in [0.2, 0.25) is 0 Å². The molecular formula is C32H30N2OS. The van der Waals surface area contributed by atoms with E-state index in [1.807, 2.05) is 48.5 Å². The fourth-order valence-electron chi connectivity index (χ4n) is 4.71. The molecule has 5 rings (SSSR count). The third kappa shape index (κ3) is 5.63. The third-order valence-electron chi connectivity index (χ3n) is 6.39. The molecule has 1 aliphatic rings. The predicted octanol–water partition coefficient (Wildman–Crippen LogP) is 7.09. The summed E-state index contributed by atoms with van der Waals surface area (Å²) in [6, 6.07) is 41.3. The van der Waals surface area contributed by atoms with Crippen molar-refractivity contribution in [2.24, 2.45) is 0 Å². The maximum absolute atomic E-state index is 14.1. The van der Waals surface area contributed by atoms with E-state index in [0.717, 1.165) is 11.1 Å². The monoisotopic (exact) mass is 490 g/mol. The maximum Gasteiger partial charge on any atom is 0.174 e. The zero-order valence-corrected chi connectivity index (χ0v) is 21.0. The van der Waals surface area contributed by atoms with Gasteiger partial charge in [0.25, 0.3) is 0 Å². The van der Waals surface area contributed by atoms with Gasteiger partial charge in [0.1, 0.15) is 0 Å². The zero-order chi connectivity index (χ0) is 24.6. The largest absolute Gasteiger partial charge is 0.225 e. The van der Waals surface area contributed by atoms with Crippen LogP contribution in [0, 0.1) is 0 Å². The number of hydrogen-bond acceptors (Lipinski definition) is 1. The van der Waals surface area contributed by atoms with E-state index in [1.165, 1.54) is 11.1 Å². The van der Waals surface area contributed by atoms with Crippen LogP contribution >= 0.6 is 0 Å². The highest BCUT2D eigenvalue weighted by Gasteiger charge is 2.46. The van der Waals surface area contributed by atoms with Crippen LogP contribution < -0.4 is 0 Å². The lowest BCUT2D eigenvalue weighted by Gasteiger charge is -2.26. The van der Waals surface area contributed by atoms with Crippen LogP contribution in [0.1, 0.15) is 34.3 Å². The molecule has 0 unspecified atom stereocenters. The van der Waals surface area contributed by atoms with Gasteiger partial charge in [0.2, 0.25) is 0 Å². The van der Waals surface area contributed by atoms with Gasteiger partial charge in [-0.1, -0.05) is 146 Å². The Morgan fingerprint density at radius 1 is 0.528 bits per heavy atom. The van der Waals surface area contributed by atoms with E-state index in [0.29, 0.717) is 13.1 Å². The van der Waals surface area contributed by atoms with E-state index in [-0.39, 0.29) is 12.1 Å². The molecule has 4 heteroatoms. The van der Waals surface area contributed by atoms with Gasteiger partial charge in [-0.05, 0) is 22.3 Å². The average molecular weight is 491 g/mol. The predicted molar refractivity (Wildman–Crippen MR) is 151 cm³/mol. The minimum absolute atomic E-state index is 0.0417. The molecule has 1 saturated heterocycles. The molecule has 4 aromatic carbocycles. The van der Waals surface area contributed by atoms with Crippen molar-refractivity contribution in [2.45, 2.75) is 12.1 Å². The summed E-state index contributed by atoms with van der Waals surface area (Å²) in [6.45, 7) is 1.17. The van der Waals surface area contributed by atoms with Gasteiger partial charge in [0.05, 0.1) is 12.1 Å². The molecule has 0 saturated carbocycles. The molecule has 1 fully saturated rings. The number of hydrogen-bond donors (Lipinski definition) is 0. The Morgan fingerprint density at radius 3 is 1.22 bits per heavy atom. The minimum Gasteiger partial charge on any atom is -0.225 e. The van der Waals surface area contributed by atoms with Crippen LogP contribution in [0.5, 0.6) is 0 Å². The van der Waals surface area contributed by atoms with E-state index in [4.69, 9.17) is 0 Å². The van der Waals surface area contributed by atoms with E-state index in [1.54, 1.807) is 0 Å². The summed E-state index contributed by atoms with van der Waals surface area (Å²) < 4.78 is 18.3. The van der Waals surface area contributed by atoms with Crippen molar-refractivity contribution in [3.05, 3.63) is 156 Å². The lowest BCUT2D eigenvalue weighted by molar-refractivity contribution is 0.292. The van der Waals surface area contributed by atoms with Gasteiger partial charge in [-0.3, -0.25) is 0 Å². The fourth-order valence-corrected chi connectivity index (χ4v) is 6.27. The van der Waals surface area contributed by atoms with Crippen molar-refractivity contribution < 1.29 is 4.21 Å². The molecule has 0 radical (unpaired) electrons. The first-order valence-electron chi connectivity index (χ1n) is 12.3. The number of rotatable bonds is 8. The molecule has 0 N–H and O–H groups in total. The Labute approximate surface area is 216 Å². The second-order valence-corrected chi connectivity index (χ2v) is 10.2. The number of nitrogens with zero attached hydrogens (tertiary/aromatic N) is 2.